The lowest BCUT2D eigenvalue weighted by Crippen LogP contribution is -2.05. The second-order valence-electron chi connectivity index (χ2n) is 3.72. The Morgan fingerprint density at radius 2 is 1.65 bits per heavy atom. The number of nitrogens with zero attached hydrogens (tertiary/aromatic N) is 1. The summed E-state index contributed by atoms with van der Waals surface area (Å²) >= 11 is 3.38. The second-order valence-corrected chi connectivity index (χ2v) is 4.63. The van der Waals surface area contributed by atoms with Crippen molar-refractivity contribution in [3.05, 3.63) is 70.2 Å². The number of hydrogen-bond acceptors (Lipinski definition) is 2. The molecule has 0 aromatic heterocycles. The van der Waals surface area contributed by atoms with Crippen molar-refractivity contribution < 1.29 is 5.21 Å². The molecule has 0 fully saturated rings. The molecule has 0 aliphatic heterocycles. The minimum absolute atomic E-state index is 0.624. The summed E-state index contributed by atoms with van der Waals surface area (Å²) in [5, 5.41) is 12.5. The van der Waals surface area contributed by atoms with Crippen molar-refractivity contribution in [2.24, 2.45) is 5.16 Å². The summed E-state index contributed by atoms with van der Waals surface area (Å²) in [7, 11) is 0. The molecule has 0 unspecified atom stereocenters. The SMILES string of the molecule is ON=C(Cc1ccccc1)c1ccc(Br)cc1. The maximum Gasteiger partial charge on any atom is 0.0911 e. The van der Waals surface area contributed by atoms with E-state index in [1.54, 1.807) is 0 Å². The zero-order valence-electron chi connectivity index (χ0n) is 9.18. The molecule has 1 N–H and O–H groups in total. The van der Waals surface area contributed by atoms with Gasteiger partial charge in [0.2, 0.25) is 0 Å². The molecule has 0 heterocycles. The molecule has 2 rings (SSSR count). The van der Waals surface area contributed by atoms with Crippen molar-refractivity contribution in [2.45, 2.75) is 6.42 Å². The van der Waals surface area contributed by atoms with Crippen molar-refractivity contribution >= 4 is 21.6 Å². The van der Waals surface area contributed by atoms with Gasteiger partial charge in [-0.3, -0.25) is 0 Å². The van der Waals surface area contributed by atoms with Gasteiger partial charge in [0.15, 0.2) is 0 Å². The van der Waals surface area contributed by atoms with Crippen LogP contribution in [-0.4, -0.2) is 10.9 Å². The van der Waals surface area contributed by atoms with Crippen LogP contribution in [-0.2, 0) is 6.42 Å². The smallest absolute Gasteiger partial charge is 0.0911 e. The van der Waals surface area contributed by atoms with E-state index in [4.69, 9.17) is 5.21 Å². The molecule has 2 nitrogen and oxygen atoms in total. The van der Waals surface area contributed by atoms with Crippen LogP contribution in [0.4, 0.5) is 0 Å². The Labute approximate surface area is 109 Å². The van der Waals surface area contributed by atoms with Gasteiger partial charge in [0.1, 0.15) is 0 Å². The van der Waals surface area contributed by atoms with Crippen LogP contribution in [0.1, 0.15) is 11.1 Å². The van der Waals surface area contributed by atoms with Crippen molar-refractivity contribution in [1.29, 1.82) is 0 Å². The quantitative estimate of drug-likeness (QED) is 0.519. The predicted octanol–water partition coefficient (Wildman–Crippen LogP) is 3.87. The van der Waals surface area contributed by atoms with Gasteiger partial charge in [-0.25, -0.2) is 0 Å². The first-order valence-electron chi connectivity index (χ1n) is 5.30. The Balaban J connectivity index is 2.21. The highest BCUT2D eigenvalue weighted by Gasteiger charge is 2.05. The van der Waals surface area contributed by atoms with E-state index in [-0.39, 0.29) is 0 Å². The van der Waals surface area contributed by atoms with Gasteiger partial charge in [0, 0.05) is 10.9 Å². The van der Waals surface area contributed by atoms with Gasteiger partial charge in [-0.1, -0.05) is 63.6 Å². The van der Waals surface area contributed by atoms with Gasteiger partial charge in [-0.2, -0.15) is 0 Å². The number of hydrogen-bond donors (Lipinski definition) is 1. The first kappa shape index (κ1) is 11.9. The van der Waals surface area contributed by atoms with Gasteiger partial charge in [0.25, 0.3) is 0 Å². The Kier molecular flexibility index (Phi) is 3.94. The van der Waals surface area contributed by atoms with Crippen LogP contribution in [0.5, 0.6) is 0 Å². The highest BCUT2D eigenvalue weighted by atomic mass is 79.9. The molecule has 0 aliphatic carbocycles. The number of rotatable bonds is 3. The zero-order valence-corrected chi connectivity index (χ0v) is 10.8. The Bertz CT molecular complexity index is 506. The summed E-state index contributed by atoms with van der Waals surface area (Å²) in [5.41, 5.74) is 2.73. The molecule has 0 saturated carbocycles. The van der Waals surface area contributed by atoms with Gasteiger partial charge >= 0.3 is 0 Å². The molecule has 0 saturated heterocycles. The molecule has 0 spiro atoms. The average molecular weight is 290 g/mol. The van der Waals surface area contributed by atoms with Crippen LogP contribution >= 0.6 is 15.9 Å². The van der Waals surface area contributed by atoms with Crippen molar-refractivity contribution in [3.8, 4) is 0 Å². The fourth-order valence-electron chi connectivity index (χ4n) is 1.63. The maximum absolute atomic E-state index is 9.09. The third kappa shape index (κ3) is 3.17. The molecular weight excluding hydrogens is 278 g/mol. The molecule has 2 aromatic carbocycles. The van der Waals surface area contributed by atoms with E-state index in [0.717, 1.165) is 15.6 Å². The van der Waals surface area contributed by atoms with Crippen molar-refractivity contribution in [3.63, 3.8) is 0 Å². The van der Waals surface area contributed by atoms with Gasteiger partial charge in [-0.15, -0.1) is 0 Å². The van der Waals surface area contributed by atoms with Crippen molar-refractivity contribution in [1.82, 2.24) is 0 Å². The Morgan fingerprint density at radius 3 is 2.24 bits per heavy atom. The molecule has 86 valence electrons. The molecular formula is C14H12BrNO. The summed E-state index contributed by atoms with van der Waals surface area (Å²) in [4.78, 5) is 0. The zero-order chi connectivity index (χ0) is 12.1. The lowest BCUT2D eigenvalue weighted by molar-refractivity contribution is 0.318. The third-order valence-electron chi connectivity index (χ3n) is 2.51. The van der Waals surface area contributed by atoms with Crippen LogP contribution in [0.3, 0.4) is 0 Å². The van der Waals surface area contributed by atoms with E-state index in [1.807, 2.05) is 54.6 Å². The topological polar surface area (TPSA) is 32.6 Å². The molecule has 17 heavy (non-hydrogen) atoms. The van der Waals surface area contributed by atoms with Crippen LogP contribution < -0.4 is 0 Å². The first-order chi connectivity index (χ1) is 8.29. The minimum Gasteiger partial charge on any atom is -0.411 e. The largest absolute Gasteiger partial charge is 0.411 e. The fraction of sp³-hybridized carbons (Fsp3) is 0.0714. The lowest BCUT2D eigenvalue weighted by Gasteiger charge is -2.05. The highest BCUT2D eigenvalue weighted by molar-refractivity contribution is 9.10. The van der Waals surface area contributed by atoms with Gasteiger partial charge in [0.05, 0.1) is 5.71 Å². The minimum atomic E-state index is 0.624. The molecule has 0 bridgehead atoms. The molecule has 0 amide bonds. The fourth-order valence-corrected chi connectivity index (χ4v) is 1.89. The van der Waals surface area contributed by atoms with Crippen molar-refractivity contribution in [2.75, 3.05) is 0 Å². The van der Waals surface area contributed by atoms with Crippen LogP contribution in [0.2, 0.25) is 0 Å². The maximum atomic E-state index is 9.09. The van der Waals surface area contributed by atoms with E-state index >= 15 is 0 Å². The molecule has 3 heteroatoms. The summed E-state index contributed by atoms with van der Waals surface area (Å²) in [6.07, 6.45) is 0.624. The third-order valence-corrected chi connectivity index (χ3v) is 3.04. The monoisotopic (exact) mass is 289 g/mol. The van der Waals surface area contributed by atoms with Crippen LogP contribution in [0.15, 0.2) is 64.2 Å². The van der Waals surface area contributed by atoms with E-state index < -0.39 is 0 Å². The van der Waals surface area contributed by atoms with E-state index in [0.29, 0.717) is 12.1 Å². The summed E-state index contributed by atoms with van der Waals surface area (Å²) < 4.78 is 1.01. The van der Waals surface area contributed by atoms with Crippen LogP contribution in [0, 0.1) is 0 Å². The number of oxime groups is 1. The summed E-state index contributed by atoms with van der Waals surface area (Å²) in [6, 6.07) is 17.7. The van der Waals surface area contributed by atoms with Crippen LogP contribution in [0.25, 0.3) is 0 Å². The lowest BCUT2D eigenvalue weighted by atomic mass is 10.0. The Morgan fingerprint density at radius 1 is 1.00 bits per heavy atom. The van der Waals surface area contributed by atoms with Gasteiger partial charge < -0.3 is 5.21 Å². The predicted molar refractivity (Wildman–Crippen MR) is 72.6 cm³/mol. The normalized spacial score (nSPS) is 11.5. The second kappa shape index (κ2) is 5.64. The van der Waals surface area contributed by atoms with E-state index in [1.165, 1.54) is 0 Å². The number of halogens is 1. The first-order valence-corrected chi connectivity index (χ1v) is 6.09. The highest BCUT2D eigenvalue weighted by Crippen LogP contribution is 2.13. The molecule has 0 aliphatic rings. The molecule has 2 aromatic rings. The standard InChI is InChI=1S/C14H12BrNO/c15-13-8-6-12(7-9-13)14(16-17)10-11-4-2-1-3-5-11/h1-9,17H,10H2. The molecule has 0 radical (unpaired) electrons. The number of benzene rings is 2. The molecule has 0 atom stereocenters. The summed E-state index contributed by atoms with van der Waals surface area (Å²) in [5.74, 6) is 0. The average Bonchev–Trinajstić information content (AvgIpc) is 2.38. The Hall–Kier alpha value is -1.61. The van der Waals surface area contributed by atoms with E-state index in [9.17, 15) is 0 Å². The van der Waals surface area contributed by atoms with E-state index in [2.05, 4.69) is 21.1 Å². The van der Waals surface area contributed by atoms with Gasteiger partial charge in [-0.05, 0) is 23.3 Å². The summed E-state index contributed by atoms with van der Waals surface area (Å²) in [6.45, 7) is 0.